The zero-order valence-electron chi connectivity index (χ0n) is 13.8. The minimum absolute atomic E-state index is 0.122. The van der Waals surface area contributed by atoms with Gasteiger partial charge in [0.15, 0.2) is 6.10 Å². The smallest absolute Gasteiger partial charge is 0.321 e. The van der Waals surface area contributed by atoms with Gasteiger partial charge in [0.2, 0.25) is 0 Å². The molecule has 4 aliphatic rings. The maximum Gasteiger partial charge on any atom is 0.321 e. The monoisotopic (exact) mass is 358 g/mol. The molecule has 0 aromatic heterocycles. The fraction of sp³-hybridized carbons (Fsp3) is 0.824. The van der Waals surface area contributed by atoms with Gasteiger partial charge in [0.05, 0.1) is 19.3 Å². The summed E-state index contributed by atoms with van der Waals surface area (Å²) in [6.45, 7) is 4.28. The number of aliphatic hydroxyl groups excluding tert-OH is 2. The summed E-state index contributed by atoms with van der Waals surface area (Å²) in [4.78, 5) is 11.7. The first-order valence-corrected chi connectivity index (χ1v) is 8.91. The molecule has 1 saturated carbocycles. The van der Waals surface area contributed by atoms with Crippen LogP contribution in [0.4, 0.5) is 0 Å². The van der Waals surface area contributed by atoms with Crippen LogP contribution in [-0.2, 0) is 19.0 Å². The summed E-state index contributed by atoms with van der Waals surface area (Å²) in [6, 6.07) is 0. The highest BCUT2D eigenvalue weighted by molar-refractivity contribution is 6.26. The summed E-state index contributed by atoms with van der Waals surface area (Å²) >= 11 is 5.56. The van der Waals surface area contributed by atoms with Crippen molar-refractivity contribution >= 4 is 17.6 Å². The lowest BCUT2D eigenvalue weighted by atomic mass is 9.51. The van der Waals surface area contributed by atoms with Crippen LogP contribution in [0.2, 0.25) is 0 Å². The first kappa shape index (κ1) is 16.8. The predicted octanol–water partition coefficient (Wildman–Crippen LogP) is 0.773. The standard InChI is InChI=1S/C17H23ClO6/c1-9-3-4-16(7-19)10(5-9)23-14-12(24-11(20)6-18)13(21)15(16,2)17(14)8-22-17/h5,10,12-14,19,21H,3-4,6-8H2,1-2H3/t10-,12+,13-,14-,15-,16?,17-/m0/s1. The molecule has 0 radical (unpaired) electrons. The van der Waals surface area contributed by atoms with Crippen LogP contribution in [0.25, 0.3) is 0 Å². The van der Waals surface area contributed by atoms with Gasteiger partial charge in [-0.15, -0.1) is 11.6 Å². The van der Waals surface area contributed by atoms with Crippen LogP contribution in [0, 0.1) is 10.8 Å². The molecule has 24 heavy (non-hydrogen) atoms. The van der Waals surface area contributed by atoms with E-state index >= 15 is 0 Å². The molecule has 1 unspecified atom stereocenters. The normalized spacial score (nSPS) is 52.0. The summed E-state index contributed by atoms with van der Waals surface area (Å²) < 4.78 is 17.5. The van der Waals surface area contributed by atoms with Gasteiger partial charge in [0.1, 0.15) is 23.7 Å². The number of ether oxygens (including phenoxy) is 3. The van der Waals surface area contributed by atoms with E-state index in [9.17, 15) is 15.0 Å². The third-order valence-corrected chi connectivity index (χ3v) is 7.15. The Bertz CT molecular complexity index is 602. The molecule has 6 nitrogen and oxygen atoms in total. The molecule has 0 amide bonds. The van der Waals surface area contributed by atoms with Gasteiger partial charge in [0, 0.05) is 10.8 Å². The van der Waals surface area contributed by atoms with E-state index in [-0.39, 0.29) is 18.6 Å². The molecule has 1 spiro atoms. The Balaban J connectivity index is 1.82. The van der Waals surface area contributed by atoms with Crippen LogP contribution in [0.15, 0.2) is 11.6 Å². The second kappa shape index (κ2) is 5.17. The number of epoxide rings is 1. The lowest BCUT2D eigenvalue weighted by molar-refractivity contribution is -0.226. The molecule has 3 fully saturated rings. The van der Waals surface area contributed by atoms with E-state index in [1.807, 2.05) is 19.9 Å². The molecule has 0 aromatic carbocycles. The van der Waals surface area contributed by atoms with Crippen molar-refractivity contribution in [3.63, 3.8) is 0 Å². The maximum absolute atomic E-state index is 11.7. The number of rotatable bonds is 3. The molecule has 2 bridgehead atoms. The molecule has 7 atom stereocenters. The van der Waals surface area contributed by atoms with Gasteiger partial charge in [-0.05, 0) is 19.8 Å². The van der Waals surface area contributed by atoms with Crippen molar-refractivity contribution in [2.45, 2.75) is 56.7 Å². The minimum atomic E-state index is -0.985. The zero-order valence-corrected chi connectivity index (χ0v) is 14.6. The van der Waals surface area contributed by atoms with Crippen molar-refractivity contribution in [1.82, 2.24) is 0 Å². The number of alkyl halides is 1. The topological polar surface area (TPSA) is 88.5 Å². The van der Waals surface area contributed by atoms with E-state index in [2.05, 4.69) is 0 Å². The molecule has 2 heterocycles. The summed E-state index contributed by atoms with van der Waals surface area (Å²) in [5.41, 5.74) is -0.955. The molecule has 4 rings (SSSR count). The van der Waals surface area contributed by atoms with Crippen molar-refractivity contribution in [3.05, 3.63) is 11.6 Å². The first-order valence-electron chi connectivity index (χ1n) is 8.37. The molecular formula is C17H23ClO6. The highest BCUT2D eigenvalue weighted by atomic mass is 35.5. The van der Waals surface area contributed by atoms with Gasteiger partial charge in [-0.25, -0.2) is 0 Å². The number of allylic oxidation sites excluding steroid dienone is 1. The van der Waals surface area contributed by atoms with Gasteiger partial charge in [-0.1, -0.05) is 18.6 Å². The Hall–Kier alpha value is -0.660. The van der Waals surface area contributed by atoms with E-state index in [1.165, 1.54) is 5.57 Å². The minimum Gasteiger partial charge on any atom is -0.456 e. The van der Waals surface area contributed by atoms with Crippen LogP contribution in [0.5, 0.6) is 0 Å². The average Bonchev–Trinajstić information content (AvgIpc) is 3.35. The number of esters is 1. The molecule has 2 aliphatic heterocycles. The van der Waals surface area contributed by atoms with Gasteiger partial charge < -0.3 is 24.4 Å². The highest BCUT2D eigenvalue weighted by Crippen LogP contribution is 2.71. The SMILES string of the molecule is CC1=C[C@@H]2O[C@H]3[C@H](OC(=O)CCl)[C@H](O)[C@@](C)(C2(CO)CC1)[C@]31CO1. The number of hydrogen-bond acceptors (Lipinski definition) is 6. The number of carbonyl (C=O) groups excluding carboxylic acids is 1. The van der Waals surface area contributed by atoms with Crippen molar-refractivity contribution in [2.75, 3.05) is 19.1 Å². The molecule has 2 aliphatic carbocycles. The van der Waals surface area contributed by atoms with Crippen molar-refractivity contribution in [1.29, 1.82) is 0 Å². The zero-order chi connectivity index (χ0) is 17.3. The summed E-state index contributed by atoms with van der Waals surface area (Å²) in [5.74, 6) is -0.877. The fourth-order valence-corrected chi connectivity index (χ4v) is 5.40. The van der Waals surface area contributed by atoms with Crippen LogP contribution < -0.4 is 0 Å². The summed E-state index contributed by atoms with van der Waals surface area (Å²) in [7, 11) is 0. The lowest BCUT2D eigenvalue weighted by Gasteiger charge is -2.57. The third-order valence-electron chi connectivity index (χ3n) is 6.93. The highest BCUT2D eigenvalue weighted by Gasteiger charge is 2.85. The Kier molecular flexibility index (Phi) is 3.62. The Morgan fingerprint density at radius 3 is 2.83 bits per heavy atom. The quantitative estimate of drug-likeness (QED) is 0.335. The Morgan fingerprint density at radius 1 is 1.54 bits per heavy atom. The van der Waals surface area contributed by atoms with Crippen LogP contribution in [0.3, 0.4) is 0 Å². The molecule has 2 saturated heterocycles. The van der Waals surface area contributed by atoms with E-state index < -0.39 is 40.7 Å². The molecule has 134 valence electrons. The lowest BCUT2D eigenvalue weighted by Crippen LogP contribution is -2.66. The van der Waals surface area contributed by atoms with Gasteiger partial charge in [-0.2, -0.15) is 0 Å². The van der Waals surface area contributed by atoms with Crippen LogP contribution >= 0.6 is 11.6 Å². The molecule has 7 heteroatoms. The summed E-state index contributed by atoms with van der Waals surface area (Å²) in [6.07, 6.45) is 0.825. The Morgan fingerprint density at radius 2 is 2.25 bits per heavy atom. The van der Waals surface area contributed by atoms with Gasteiger partial charge in [0.25, 0.3) is 0 Å². The van der Waals surface area contributed by atoms with Crippen LogP contribution in [0.1, 0.15) is 26.7 Å². The predicted molar refractivity (Wildman–Crippen MR) is 84.6 cm³/mol. The molecule has 0 aromatic rings. The number of halogens is 1. The van der Waals surface area contributed by atoms with Gasteiger partial charge >= 0.3 is 5.97 Å². The fourth-order valence-electron chi connectivity index (χ4n) is 5.34. The number of hydrogen-bond donors (Lipinski definition) is 2. The maximum atomic E-state index is 11.7. The molecular weight excluding hydrogens is 336 g/mol. The van der Waals surface area contributed by atoms with E-state index in [1.54, 1.807) is 0 Å². The summed E-state index contributed by atoms with van der Waals surface area (Å²) in [5, 5.41) is 21.5. The second-order valence-electron chi connectivity index (χ2n) is 7.72. The van der Waals surface area contributed by atoms with Gasteiger partial charge in [-0.3, -0.25) is 4.79 Å². The third kappa shape index (κ3) is 1.73. The van der Waals surface area contributed by atoms with Crippen molar-refractivity contribution < 1.29 is 29.2 Å². The van der Waals surface area contributed by atoms with Crippen molar-refractivity contribution in [3.8, 4) is 0 Å². The van der Waals surface area contributed by atoms with Crippen LogP contribution in [-0.4, -0.2) is 65.3 Å². The number of carbonyl (C=O) groups is 1. The first-order chi connectivity index (χ1) is 11.4. The average molecular weight is 359 g/mol. The Labute approximate surface area is 145 Å². The number of fused-ring (bicyclic) bond motifs is 2. The van der Waals surface area contributed by atoms with E-state index in [4.69, 9.17) is 25.8 Å². The number of aliphatic hydroxyl groups is 2. The van der Waals surface area contributed by atoms with E-state index in [0.717, 1.165) is 6.42 Å². The largest absolute Gasteiger partial charge is 0.456 e. The van der Waals surface area contributed by atoms with Crippen molar-refractivity contribution in [2.24, 2.45) is 10.8 Å². The van der Waals surface area contributed by atoms with E-state index in [0.29, 0.717) is 13.0 Å². The second-order valence-corrected chi connectivity index (χ2v) is 7.99. The molecule has 2 N–H and O–H groups in total.